The lowest BCUT2D eigenvalue weighted by atomic mass is 10.1. The molecule has 1 aromatic carbocycles. The average molecular weight is 530 g/mol. The van der Waals surface area contributed by atoms with Crippen LogP contribution in [0.1, 0.15) is 15.9 Å². The summed E-state index contributed by atoms with van der Waals surface area (Å²) in [5.41, 5.74) is 2.02. The van der Waals surface area contributed by atoms with Gasteiger partial charge >= 0.3 is 6.36 Å². The standard InChI is InChI=1S/C25H26F3N7O3/c1-16-5-6-29-12-18(16)20-13-31-22(14-30-20)33-24(37)17-3-4-21(38-25(26,27)28)19(11-17)32-23(36)15-35-9-7-34(2)8-10-35/h3-6,11-14H,7-10,15H2,1-2H3,(H,32,36)(H,31,33,37). The third-order valence-corrected chi connectivity index (χ3v) is 5.91. The van der Waals surface area contributed by atoms with E-state index in [1.165, 1.54) is 12.4 Å². The van der Waals surface area contributed by atoms with Crippen molar-refractivity contribution in [2.24, 2.45) is 0 Å². The summed E-state index contributed by atoms with van der Waals surface area (Å²) in [7, 11) is 1.97. The van der Waals surface area contributed by atoms with Gasteiger partial charge in [-0.3, -0.25) is 24.5 Å². The maximum Gasteiger partial charge on any atom is 0.573 e. The number of pyridine rings is 1. The Morgan fingerprint density at radius 1 is 1.03 bits per heavy atom. The first-order chi connectivity index (χ1) is 18.1. The Morgan fingerprint density at radius 3 is 2.45 bits per heavy atom. The summed E-state index contributed by atoms with van der Waals surface area (Å²) < 4.78 is 42.9. The number of nitrogens with zero attached hydrogens (tertiary/aromatic N) is 5. The van der Waals surface area contributed by atoms with E-state index in [0.29, 0.717) is 18.8 Å². The number of piperazine rings is 1. The minimum atomic E-state index is -4.98. The van der Waals surface area contributed by atoms with Crippen LogP contribution in [-0.2, 0) is 4.79 Å². The summed E-state index contributed by atoms with van der Waals surface area (Å²) in [6.45, 7) is 4.75. The van der Waals surface area contributed by atoms with Gasteiger partial charge in [-0.1, -0.05) is 0 Å². The predicted octanol–water partition coefficient (Wildman–Crippen LogP) is 3.18. The molecule has 0 spiro atoms. The van der Waals surface area contributed by atoms with Crippen molar-refractivity contribution in [2.75, 3.05) is 50.4 Å². The highest BCUT2D eigenvalue weighted by atomic mass is 19.4. The molecule has 3 aromatic rings. The van der Waals surface area contributed by atoms with Crippen molar-refractivity contribution in [1.82, 2.24) is 24.8 Å². The number of hydrogen-bond donors (Lipinski definition) is 2. The Kier molecular flexibility index (Phi) is 8.17. The monoisotopic (exact) mass is 529 g/mol. The zero-order valence-electron chi connectivity index (χ0n) is 20.7. The van der Waals surface area contributed by atoms with Gasteiger partial charge < -0.3 is 20.3 Å². The van der Waals surface area contributed by atoms with Gasteiger partial charge in [0, 0.05) is 49.7 Å². The summed E-state index contributed by atoms with van der Waals surface area (Å²) in [6.07, 6.45) is 1.17. The number of hydrogen-bond acceptors (Lipinski definition) is 8. The van der Waals surface area contributed by atoms with Gasteiger partial charge in [0.15, 0.2) is 11.6 Å². The molecule has 2 aromatic heterocycles. The normalized spacial score (nSPS) is 14.7. The van der Waals surface area contributed by atoms with E-state index in [1.807, 2.05) is 24.9 Å². The quantitative estimate of drug-likeness (QED) is 0.480. The molecule has 1 aliphatic heterocycles. The lowest BCUT2D eigenvalue weighted by molar-refractivity contribution is -0.274. The van der Waals surface area contributed by atoms with E-state index >= 15 is 0 Å². The number of benzene rings is 1. The molecule has 0 unspecified atom stereocenters. The van der Waals surface area contributed by atoms with E-state index in [9.17, 15) is 22.8 Å². The molecule has 1 fully saturated rings. The van der Waals surface area contributed by atoms with Crippen LogP contribution in [0.5, 0.6) is 5.75 Å². The molecule has 38 heavy (non-hydrogen) atoms. The van der Waals surface area contributed by atoms with Gasteiger partial charge in [-0.05, 0) is 43.8 Å². The molecule has 1 saturated heterocycles. The largest absolute Gasteiger partial charge is 0.573 e. The molecule has 2 amide bonds. The van der Waals surface area contributed by atoms with Crippen molar-refractivity contribution >= 4 is 23.3 Å². The van der Waals surface area contributed by atoms with Crippen molar-refractivity contribution in [3.8, 4) is 17.0 Å². The number of carbonyl (C=O) groups is 2. The van der Waals surface area contributed by atoms with Gasteiger partial charge in [-0.25, -0.2) is 4.98 Å². The van der Waals surface area contributed by atoms with Crippen LogP contribution >= 0.6 is 0 Å². The van der Waals surface area contributed by atoms with Crippen LogP contribution in [0.15, 0.2) is 49.1 Å². The molecular formula is C25H26F3N7O3. The minimum Gasteiger partial charge on any atom is -0.404 e. The first kappa shape index (κ1) is 26.9. The van der Waals surface area contributed by atoms with Crippen LogP contribution < -0.4 is 15.4 Å². The first-order valence-electron chi connectivity index (χ1n) is 11.7. The van der Waals surface area contributed by atoms with Gasteiger partial charge in [0.2, 0.25) is 5.91 Å². The SMILES string of the molecule is Cc1ccncc1-c1cnc(NC(=O)c2ccc(OC(F)(F)F)c(NC(=O)CN3CCN(C)CC3)c2)cn1. The molecule has 3 heterocycles. The van der Waals surface area contributed by atoms with Gasteiger partial charge in [0.05, 0.1) is 30.3 Å². The molecule has 0 radical (unpaired) electrons. The van der Waals surface area contributed by atoms with E-state index in [1.54, 1.807) is 12.4 Å². The number of carbonyl (C=O) groups excluding carboxylic acids is 2. The Morgan fingerprint density at radius 2 is 1.79 bits per heavy atom. The van der Waals surface area contributed by atoms with Crippen LogP contribution in [0.25, 0.3) is 11.3 Å². The van der Waals surface area contributed by atoms with Crippen molar-refractivity contribution in [3.05, 3.63) is 60.2 Å². The first-order valence-corrected chi connectivity index (χ1v) is 11.7. The fourth-order valence-electron chi connectivity index (χ4n) is 3.83. The maximum absolute atomic E-state index is 12.9. The molecule has 0 atom stereocenters. The maximum atomic E-state index is 12.9. The number of rotatable bonds is 7. The number of ether oxygens (including phenoxy) is 1. The Balaban J connectivity index is 1.48. The molecule has 0 aliphatic carbocycles. The Hall–Kier alpha value is -4.10. The number of aromatic nitrogens is 3. The van der Waals surface area contributed by atoms with E-state index < -0.39 is 23.9 Å². The second-order valence-corrected chi connectivity index (χ2v) is 8.82. The molecule has 13 heteroatoms. The summed E-state index contributed by atoms with van der Waals surface area (Å²) in [5.74, 6) is -1.67. The number of alkyl halides is 3. The summed E-state index contributed by atoms with van der Waals surface area (Å²) >= 11 is 0. The Bertz CT molecular complexity index is 1290. The van der Waals surface area contributed by atoms with Crippen molar-refractivity contribution < 1.29 is 27.5 Å². The lowest BCUT2D eigenvalue weighted by Gasteiger charge is -2.31. The molecule has 0 saturated carbocycles. The van der Waals surface area contributed by atoms with Gasteiger partial charge in [0.25, 0.3) is 5.91 Å². The van der Waals surface area contributed by atoms with Gasteiger partial charge in [0.1, 0.15) is 0 Å². The fourth-order valence-corrected chi connectivity index (χ4v) is 3.83. The topological polar surface area (TPSA) is 113 Å². The second-order valence-electron chi connectivity index (χ2n) is 8.82. The fraction of sp³-hybridized carbons (Fsp3) is 0.320. The molecule has 1 aliphatic rings. The average Bonchev–Trinajstić information content (AvgIpc) is 2.86. The summed E-state index contributed by atoms with van der Waals surface area (Å²) in [6, 6.07) is 5.10. The number of anilines is 2. The van der Waals surface area contributed by atoms with Crippen LogP contribution in [-0.4, -0.2) is 82.7 Å². The zero-order valence-corrected chi connectivity index (χ0v) is 20.7. The van der Waals surface area contributed by atoms with Crippen LogP contribution in [0, 0.1) is 6.92 Å². The lowest BCUT2D eigenvalue weighted by Crippen LogP contribution is -2.47. The van der Waals surface area contributed by atoms with E-state index in [-0.39, 0.29) is 23.6 Å². The van der Waals surface area contributed by atoms with E-state index in [4.69, 9.17) is 0 Å². The highest BCUT2D eigenvalue weighted by molar-refractivity contribution is 6.05. The molecule has 200 valence electrons. The number of likely N-dealkylation sites (N-methyl/N-ethyl adjacent to an activating group) is 1. The third kappa shape index (κ3) is 7.23. The highest BCUT2D eigenvalue weighted by Crippen LogP contribution is 2.31. The van der Waals surface area contributed by atoms with Crippen molar-refractivity contribution in [3.63, 3.8) is 0 Å². The smallest absolute Gasteiger partial charge is 0.404 e. The van der Waals surface area contributed by atoms with Gasteiger partial charge in [-0.15, -0.1) is 13.2 Å². The number of aryl methyl sites for hydroxylation is 1. The van der Waals surface area contributed by atoms with Crippen molar-refractivity contribution in [2.45, 2.75) is 13.3 Å². The number of nitrogens with one attached hydrogen (secondary N) is 2. The molecule has 0 bridgehead atoms. The van der Waals surface area contributed by atoms with E-state index in [0.717, 1.165) is 42.4 Å². The molecule has 4 rings (SSSR count). The van der Waals surface area contributed by atoms with Crippen molar-refractivity contribution in [1.29, 1.82) is 0 Å². The predicted molar refractivity (Wildman–Crippen MR) is 134 cm³/mol. The van der Waals surface area contributed by atoms with Crippen LogP contribution in [0.4, 0.5) is 24.7 Å². The van der Waals surface area contributed by atoms with E-state index in [2.05, 4.69) is 35.2 Å². The molecule has 10 nitrogen and oxygen atoms in total. The number of halogens is 3. The highest BCUT2D eigenvalue weighted by Gasteiger charge is 2.32. The van der Waals surface area contributed by atoms with Crippen LogP contribution in [0.3, 0.4) is 0 Å². The van der Waals surface area contributed by atoms with Crippen LogP contribution in [0.2, 0.25) is 0 Å². The van der Waals surface area contributed by atoms with Gasteiger partial charge in [-0.2, -0.15) is 0 Å². The Labute approximate surface area is 216 Å². The molecule has 2 N–H and O–H groups in total. The number of amides is 2. The molecular weight excluding hydrogens is 503 g/mol. The zero-order chi connectivity index (χ0) is 27.3. The summed E-state index contributed by atoms with van der Waals surface area (Å²) in [5, 5.41) is 5.00. The summed E-state index contributed by atoms with van der Waals surface area (Å²) in [4.78, 5) is 42.0. The second kappa shape index (κ2) is 11.5. The minimum absolute atomic E-state index is 0.00588. The third-order valence-electron chi connectivity index (χ3n) is 5.91.